The number of ether oxygens (including phenoxy) is 2. The SMILES string of the molecule is COc1nc(O[C@@H]2CCN[C@@H]2C)c2cc(C(F)(F)F)c(-c3ccc(F)c4sc(N)c(C#N)c34)c(F)c2n1. The Balaban J connectivity index is 1.87. The summed E-state index contributed by atoms with van der Waals surface area (Å²) in [5.41, 5.74) is 2.50. The van der Waals surface area contributed by atoms with Gasteiger partial charge in [-0.05, 0) is 37.6 Å². The van der Waals surface area contributed by atoms with Gasteiger partial charge in [0.15, 0.2) is 5.82 Å². The number of nitriles is 1. The van der Waals surface area contributed by atoms with E-state index in [1.807, 2.05) is 6.92 Å². The molecule has 3 N–H and O–H groups in total. The van der Waals surface area contributed by atoms with Crippen LogP contribution in [0, 0.1) is 23.0 Å². The first-order chi connectivity index (χ1) is 17.5. The standard InChI is InChI=1S/C24H18F5N5O2S/c1-9-15(5-6-32-9)36-22-11-7-13(24(27,28)29)17(18(26)19(11)33-23(34-22)35-2)10-3-4-14(25)20-16(10)12(8-30)21(31)37-20/h3-4,7,9,15,32H,5-6,31H2,1-2H3/t9-,15-/m1/s1. The number of nitrogens with one attached hydrogen (secondary N) is 1. The lowest BCUT2D eigenvalue weighted by Gasteiger charge is -2.21. The van der Waals surface area contributed by atoms with E-state index in [1.165, 1.54) is 7.11 Å². The fraction of sp³-hybridized carbons (Fsp3) is 0.292. The number of nitrogens with zero attached hydrogens (tertiary/aromatic N) is 3. The highest BCUT2D eigenvalue weighted by Crippen LogP contribution is 2.48. The minimum absolute atomic E-state index is 0.0995. The van der Waals surface area contributed by atoms with Crippen molar-refractivity contribution in [3.05, 3.63) is 41.0 Å². The largest absolute Gasteiger partial charge is 0.472 e. The molecule has 37 heavy (non-hydrogen) atoms. The molecule has 1 fully saturated rings. The predicted molar refractivity (Wildman–Crippen MR) is 127 cm³/mol. The van der Waals surface area contributed by atoms with E-state index in [4.69, 9.17) is 15.2 Å². The van der Waals surface area contributed by atoms with Gasteiger partial charge in [-0.1, -0.05) is 6.07 Å². The number of alkyl halides is 3. The van der Waals surface area contributed by atoms with Gasteiger partial charge in [-0.2, -0.15) is 28.4 Å². The van der Waals surface area contributed by atoms with Gasteiger partial charge in [0.1, 0.15) is 28.5 Å². The zero-order valence-electron chi connectivity index (χ0n) is 19.3. The zero-order chi connectivity index (χ0) is 26.6. The summed E-state index contributed by atoms with van der Waals surface area (Å²) in [6.07, 6.45) is -4.91. The lowest BCUT2D eigenvalue weighted by atomic mass is 9.92. The van der Waals surface area contributed by atoms with Crippen molar-refractivity contribution in [2.24, 2.45) is 0 Å². The predicted octanol–water partition coefficient (Wildman–Crippen LogP) is 5.40. The quantitative estimate of drug-likeness (QED) is 0.337. The number of nitrogen functional groups attached to an aromatic ring is 1. The Hall–Kier alpha value is -3.76. The first-order valence-corrected chi connectivity index (χ1v) is 11.8. The molecule has 0 saturated carbocycles. The van der Waals surface area contributed by atoms with Crippen molar-refractivity contribution >= 4 is 37.3 Å². The number of methoxy groups -OCH3 is 1. The number of anilines is 1. The summed E-state index contributed by atoms with van der Waals surface area (Å²) >= 11 is 0.693. The molecule has 3 heterocycles. The molecule has 0 spiro atoms. The van der Waals surface area contributed by atoms with Crippen molar-refractivity contribution in [3.8, 4) is 29.1 Å². The van der Waals surface area contributed by atoms with Gasteiger partial charge in [-0.25, -0.2) is 8.78 Å². The molecule has 4 aromatic rings. The number of rotatable bonds is 4. The molecule has 2 aromatic heterocycles. The molecular weight excluding hydrogens is 517 g/mol. The van der Waals surface area contributed by atoms with Gasteiger partial charge in [-0.3, -0.25) is 0 Å². The van der Waals surface area contributed by atoms with Gasteiger partial charge < -0.3 is 20.5 Å². The van der Waals surface area contributed by atoms with Crippen LogP contribution in [0.25, 0.3) is 32.1 Å². The molecule has 0 radical (unpaired) electrons. The van der Waals surface area contributed by atoms with Crippen LogP contribution in [0.2, 0.25) is 0 Å². The molecule has 1 aliphatic rings. The van der Waals surface area contributed by atoms with Crippen LogP contribution in [0.4, 0.5) is 27.0 Å². The second-order valence-corrected chi connectivity index (χ2v) is 9.51. The van der Waals surface area contributed by atoms with Gasteiger partial charge in [0, 0.05) is 17.0 Å². The van der Waals surface area contributed by atoms with E-state index < -0.39 is 40.6 Å². The van der Waals surface area contributed by atoms with E-state index in [-0.39, 0.29) is 49.5 Å². The minimum atomic E-state index is -5.04. The molecule has 1 saturated heterocycles. The normalized spacial score (nSPS) is 17.9. The van der Waals surface area contributed by atoms with Crippen LogP contribution >= 0.6 is 11.3 Å². The summed E-state index contributed by atoms with van der Waals surface area (Å²) in [4.78, 5) is 8.02. The van der Waals surface area contributed by atoms with Crippen molar-refractivity contribution in [3.63, 3.8) is 0 Å². The summed E-state index contributed by atoms with van der Waals surface area (Å²) in [6.45, 7) is 2.47. The molecule has 5 rings (SSSR count). The zero-order valence-corrected chi connectivity index (χ0v) is 20.2. The van der Waals surface area contributed by atoms with Crippen LogP contribution in [0.5, 0.6) is 11.9 Å². The van der Waals surface area contributed by atoms with Gasteiger partial charge in [0.25, 0.3) is 0 Å². The maximum absolute atomic E-state index is 16.2. The van der Waals surface area contributed by atoms with Crippen molar-refractivity contribution < 1.29 is 31.4 Å². The Morgan fingerprint density at radius 2 is 2.00 bits per heavy atom. The van der Waals surface area contributed by atoms with Gasteiger partial charge >= 0.3 is 12.2 Å². The van der Waals surface area contributed by atoms with Crippen LogP contribution in [0.1, 0.15) is 24.5 Å². The molecule has 13 heteroatoms. The molecular formula is C24H18F5N5O2S. The Morgan fingerprint density at radius 3 is 2.62 bits per heavy atom. The van der Waals surface area contributed by atoms with Crippen LogP contribution in [-0.4, -0.2) is 35.8 Å². The molecule has 0 aliphatic carbocycles. The molecule has 0 bridgehead atoms. The molecule has 2 atom stereocenters. The number of halogens is 5. The number of fused-ring (bicyclic) bond motifs is 2. The Bertz CT molecular complexity index is 1600. The van der Waals surface area contributed by atoms with Crippen molar-refractivity contribution in [2.75, 3.05) is 19.4 Å². The van der Waals surface area contributed by atoms with Crippen LogP contribution in [0.15, 0.2) is 18.2 Å². The Morgan fingerprint density at radius 1 is 1.24 bits per heavy atom. The van der Waals surface area contributed by atoms with E-state index in [2.05, 4.69) is 15.3 Å². The Kier molecular flexibility index (Phi) is 6.04. The first kappa shape index (κ1) is 24.9. The summed E-state index contributed by atoms with van der Waals surface area (Å²) in [5.74, 6) is -2.42. The van der Waals surface area contributed by atoms with Crippen molar-refractivity contribution in [1.82, 2.24) is 15.3 Å². The fourth-order valence-corrected chi connectivity index (χ4v) is 5.44. The number of aromatic nitrogens is 2. The van der Waals surface area contributed by atoms with Crippen LogP contribution < -0.4 is 20.5 Å². The van der Waals surface area contributed by atoms with E-state index in [0.29, 0.717) is 30.4 Å². The highest BCUT2D eigenvalue weighted by Gasteiger charge is 2.38. The molecule has 1 aliphatic heterocycles. The average molecular weight is 535 g/mol. The highest BCUT2D eigenvalue weighted by atomic mass is 32.1. The van der Waals surface area contributed by atoms with Crippen molar-refractivity contribution in [2.45, 2.75) is 31.7 Å². The number of hydrogen-bond acceptors (Lipinski definition) is 8. The van der Waals surface area contributed by atoms with E-state index in [1.54, 1.807) is 6.07 Å². The maximum Gasteiger partial charge on any atom is 0.417 e. The minimum Gasteiger partial charge on any atom is -0.472 e. The average Bonchev–Trinajstić information content (AvgIpc) is 3.41. The Labute approximate surface area is 210 Å². The molecule has 0 unspecified atom stereocenters. The van der Waals surface area contributed by atoms with Crippen LogP contribution in [-0.2, 0) is 6.18 Å². The summed E-state index contributed by atoms with van der Waals surface area (Å²) in [6, 6.07) is 3.95. The lowest BCUT2D eigenvalue weighted by Crippen LogP contribution is -2.31. The number of benzene rings is 2. The van der Waals surface area contributed by atoms with Crippen molar-refractivity contribution in [1.29, 1.82) is 5.26 Å². The topological polar surface area (TPSA) is 106 Å². The third kappa shape index (κ3) is 4.06. The third-order valence-corrected chi connectivity index (χ3v) is 7.31. The van der Waals surface area contributed by atoms with Crippen LogP contribution in [0.3, 0.4) is 0 Å². The second kappa shape index (κ2) is 8.97. The fourth-order valence-electron chi connectivity index (χ4n) is 4.50. The van der Waals surface area contributed by atoms with Gasteiger partial charge in [0.2, 0.25) is 5.88 Å². The second-order valence-electron chi connectivity index (χ2n) is 8.46. The summed E-state index contributed by atoms with van der Waals surface area (Å²) in [7, 11) is 1.23. The smallest absolute Gasteiger partial charge is 0.417 e. The van der Waals surface area contributed by atoms with E-state index >= 15 is 4.39 Å². The van der Waals surface area contributed by atoms with E-state index in [0.717, 1.165) is 12.1 Å². The lowest BCUT2D eigenvalue weighted by molar-refractivity contribution is -0.137. The number of thiophene rings is 1. The monoisotopic (exact) mass is 535 g/mol. The summed E-state index contributed by atoms with van der Waals surface area (Å²) in [5, 5.41) is 12.1. The number of nitrogens with two attached hydrogens (primary N) is 1. The molecule has 2 aromatic carbocycles. The van der Waals surface area contributed by atoms with Gasteiger partial charge in [-0.15, -0.1) is 11.3 Å². The first-order valence-electron chi connectivity index (χ1n) is 11.0. The maximum atomic E-state index is 16.2. The molecule has 7 nitrogen and oxygen atoms in total. The molecule has 192 valence electrons. The third-order valence-electron chi connectivity index (χ3n) is 6.28. The van der Waals surface area contributed by atoms with Gasteiger partial charge in [0.05, 0.1) is 28.3 Å². The molecule has 0 amide bonds. The van der Waals surface area contributed by atoms with E-state index in [9.17, 15) is 22.8 Å². The number of hydrogen-bond donors (Lipinski definition) is 2. The highest BCUT2D eigenvalue weighted by molar-refractivity contribution is 7.23. The summed E-state index contributed by atoms with van der Waals surface area (Å²) < 4.78 is 84.8.